The first-order valence-corrected chi connectivity index (χ1v) is 13.4. The lowest BCUT2D eigenvalue weighted by Crippen LogP contribution is -2.28. The first-order chi connectivity index (χ1) is 18.7. The quantitative estimate of drug-likeness (QED) is 0.232. The van der Waals surface area contributed by atoms with Crippen LogP contribution in [-0.2, 0) is 0 Å². The number of benzene rings is 5. The fourth-order valence-corrected chi connectivity index (χ4v) is 5.94. The molecule has 0 fully saturated rings. The maximum Gasteiger partial charge on any atom is 0.155 e. The minimum Gasteiger partial charge on any atom is -0.456 e. The summed E-state index contributed by atoms with van der Waals surface area (Å²) >= 11 is 6.36. The van der Waals surface area contributed by atoms with Gasteiger partial charge in [0.1, 0.15) is 11.2 Å². The monoisotopic (exact) mass is 512 g/mol. The third kappa shape index (κ3) is 3.74. The second kappa shape index (κ2) is 9.27. The van der Waals surface area contributed by atoms with E-state index in [0.717, 1.165) is 61.8 Å². The predicted molar refractivity (Wildman–Crippen MR) is 159 cm³/mol. The lowest BCUT2D eigenvalue weighted by molar-refractivity contribution is 0.533. The van der Waals surface area contributed by atoms with Crippen LogP contribution in [0, 0.1) is 5.92 Å². The molecule has 0 saturated heterocycles. The molecule has 5 aromatic carbocycles. The van der Waals surface area contributed by atoms with Gasteiger partial charge in [0.2, 0.25) is 0 Å². The normalized spacial score (nSPS) is 17.6. The molecule has 38 heavy (non-hydrogen) atoms. The Labute approximate surface area is 226 Å². The molecule has 0 radical (unpaired) electrons. The zero-order chi connectivity index (χ0) is 25.6. The van der Waals surface area contributed by atoms with Crippen molar-refractivity contribution in [3.8, 4) is 0 Å². The van der Waals surface area contributed by atoms with Crippen molar-refractivity contribution in [2.24, 2.45) is 15.9 Å². The molecule has 0 saturated carbocycles. The van der Waals surface area contributed by atoms with Crippen molar-refractivity contribution < 1.29 is 4.42 Å². The van der Waals surface area contributed by atoms with Crippen LogP contribution in [0.4, 0.5) is 0 Å². The number of aliphatic imine (C=N–C) groups is 2. The molecule has 1 aliphatic rings. The van der Waals surface area contributed by atoms with E-state index in [1.807, 2.05) is 30.3 Å². The highest BCUT2D eigenvalue weighted by atomic mass is 35.5. The summed E-state index contributed by atoms with van der Waals surface area (Å²) in [6, 6.07) is 37.4. The zero-order valence-electron chi connectivity index (χ0n) is 20.9. The van der Waals surface area contributed by atoms with Crippen molar-refractivity contribution in [3.63, 3.8) is 0 Å². The van der Waals surface area contributed by atoms with Crippen LogP contribution in [0.3, 0.4) is 0 Å². The summed E-state index contributed by atoms with van der Waals surface area (Å²) in [5, 5.41) is 5.07. The van der Waals surface area contributed by atoms with E-state index in [1.165, 1.54) is 5.56 Å². The van der Waals surface area contributed by atoms with E-state index in [2.05, 4.69) is 85.8 Å². The van der Waals surface area contributed by atoms with Crippen LogP contribution >= 0.6 is 11.6 Å². The highest BCUT2D eigenvalue weighted by Crippen LogP contribution is 2.42. The average Bonchev–Trinajstić information content (AvgIpc) is 3.33. The number of fused-ring (bicyclic) bond motifs is 4. The summed E-state index contributed by atoms with van der Waals surface area (Å²) in [4.78, 5) is 10.6. The third-order valence-electron chi connectivity index (χ3n) is 7.54. The van der Waals surface area contributed by atoms with Gasteiger partial charge in [-0.3, -0.25) is 4.99 Å². The maximum atomic E-state index is 6.40. The molecule has 0 aliphatic carbocycles. The number of rotatable bonds is 4. The second-order valence-corrected chi connectivity index (χ2v) is 10.2. The number of furan rings is 1. The van der Waals surface area contributed by atoms with Crippen LogP contribution in [0.2, 0.25) is 5.02 Å². The summed E-state index contributed by atoms with van der Waals surface area (Å²) in [7, 11) is 0. The molecule has 4 heteroatoms. The molecule has 0 amide bonds. The van der Waals surface area contributed by atoms with Crippen LogP contribution in [0.25, 0.3) is 32.7 Å². The predicted octanol–water partition coefficient (Wildman–Crippen LogP) is 9.41. The molecule has 1 aromatic heterocycles. The van der Waals surface area contributed by atoms with E-state index in [4.69, 9.17) is 26.0 Å². The average molecular weight is 513 g/mol. The van der Waals surface area contributed by atoms with Gasteiger partial charge in [-0.1, -0.05) is 103 Å². The van der Waals surface area contributed by atoms with E-state index in [0.29, 0.717) is 5.02 Å². The van der Waals surface area contributed by atoms with Gasteiger partial charge in [0.05, 0.1) is 11.8 Å². The first kappa shape index (κ1) is 22.9. The lowest BCUT2D eigenvalue weighted by Gasteiger charge is -2.30. The molecule has 2 unspecified atom stereocenters. The highest BCUT2D eigenvalue weighted by Gasteiger charge is 2.34. The minimum atomic E-state index is -0.0504. The number of hydrogen-bond donors (Lipinski definition) is 0. The molecule has 3 nitrogen and oxygen atoms in total. The second-order valence-electron chi connectivity index (χ2n) is 9.77. The molecule has 7 rings (SSSR count). The fourth-order valence-electron chi connectivity index (χ4n) is 5.78. The molecule has 2 atom stereocenters. The van der Waals surface area contributed by atoms with E-state index >= 15 is 0 Å². The minimum absolute atomic E-state index is 0.0504. The van der Waals surface area contributed by atoms with Crippen LogP contribution in [-0.4, -0.2) is 11.5 Å². The number of nitrogens with zero attached hydrogens (tertiary/aromatic N) is 2. The van der Waals surface area contributed by atoms with Crippen LogP contribution in [0.1, 0.15) is 36.1 Å². The van der Waals surface area contributed by atoms with E-state index < -0.39 is 0 Å². The lowest BCUT2D eigenvalue weighted by atomic mass is 9.80. The Hall–Kier alpha value is -4.21. The Morgan fingerprint density at radius 3 is 2.29 bits per heavy atom. The van der Waals surface area contributed by atoms with E-state index in [1.54, 1.807) is 0 Å². The van der Waals surface area contributed by atoms with Crippen molar-refractivity contribution in [1.29, 1.82) is 0 Å². The summed E-state index contributed by atoms with van der Waals surface area (Å²) in [6.45, 7) is 2.23. The van der Waals surface area contributed by atoms with Crippen LogP contribution in [0.5, 0.6) is 0 Å². The number of hydrogen-bond acceptors (Lipinski definition) is 3. The van der Waals surface area contributed by atoms with Crippen LogP contribution < -0.4 is 0 Å². The Bertz CT molecular complexity index is 1870. The molecule has 1 aliphatic heterocycles. The van der Waals surface area contributed by atoms with Gasteiger partial charge >= 0.3 is 0 Å². The van der Waals surface area contributed by atoms with Crippen molar-refractivity contribution in [3.05, 3.63) is 131 Å². The summed E-state index contributed by atoms with van der Waals surface area (Å²) in [5.41, 5.74) is 6.00. The van der Waals surface area contributed by atoms with Crippen LogP contribution in [0.15, 0.2) is 124 Å². The van der Waals surface area contributed by atoms with E-state index in [9.17, 15) is 0 Å². The molecule has 2 heterocycles. The highest BCUT2D eigenvalue weighted by molar-refractivity contribution is 6.32. The van der Waals surface area contributed by atoms with Gasteiger partial charge in [-0.25, -0.2) is 4.99 Å². The largest absolute Gasteiger partial charge is 0.456 e. The summed E-state index contributed by atoms with van der Waals surface area (Å²) in [6.07, 6.45) is 0.899. The standard InChI is InChI=1S/C34H25ClN2O/c1-2-25-32(21-11-5-3-6-12-21)36-34(22-13-7-4-8-14-22)37-33(25)31-26-16-10-9-15-23(26)19-29-30(31)27-18-17-24(35)20-28(27)38-29/h3-20,25,32H,2H2,1H3. The molecule has 184 valence electrons. The summed E-state index contributed by atoms with van der Waals surface area (Å²) in [5.74, 6) is 0.854. The topological polar surface area (TPSA) is 37.9 Å². The van der Waals surface area contributed by atoms with Crippen molar-refractivity contribution in [2.45, 2.75) is 19.4 Å². The SMILES string of the molecule is CCC1C(c2c3ccccc3cc3oc4cc(Cl)ccc4c23)=NC(c2ccccc2)=NC1c1ccccc1. The van der Waals surface area contributed by atoms with Gasteiger partial charge < -0.3 is 4.42 Å². The molecular weight excluding hydrogens is 488 g/mol. The Balaban J connectivity index is 1.58. The van der Waals surface area contributed by atoms with Crippen molar-refractivity contribution in [1.82, 2.24) is 0 Å². The van der Waals surface area contributed by atoms with Gasteiger partial charge in [0.15, 0.2) is 5.84 Å². The van der Waals surface area contributed by atoms with Crippen molar-refractivity contribution >= 4 is 55.9 Å². The molecular formula is C34H25ClN2O. The Morgan fingerprint density at radius 1 is 0.763 bits per heavy atom. The third-order valence-corrected chi connectivity index (χ3v) is 7.77. The molecule has 6 aromatic rings. The fraction of sp³-hybridized carbons (Fsp3) is 0.118. The summed E-state index contributed by atoms with van der Waals surface area (Å²) < 4.78 is 6.40. The van der Waals surface area contributed by atoms with Gasteiger partial charge in [-0.2, -0.15) is 0 Å². The van der Waals surface area contributed by atoms with Gasteiger partial charge in [0.25, 0.3) is 0 Å². The number of halogens is 1. The Morgan fingerprint density at radius 2 is 1.50 bits per heavy atom. The Kier molecular flexibility index (Phi) is 5.60. The zero-order valence-corrected chi connectivity index (χ0v) is 21.7. The maximum absolute atomic E-state index is 6.40. The number of amidine groups is 1. The molecule has 0 bridgehead atoms. The van der Waals surface area contributed by atoms with Gasteiger partial charge in [0, 0.05) is 38.9 Å². The smallest absolute Gasteiger partial charge is 0.155 e. The van der Waals surface area contributed by atoms with Gasteiger partial charge in [-0.05, 0) is 41.0 Å². The van der Waals surface area contributed by atoms with Crippen molar-refractivity contribution in [2.75, 3.05) is 0 Å². The first-order valence-electron chi connectivity index (χ1n) is 13.0. The van der Waals surface area contributed by atoms with Gasteiger partial charge in [-0.15, -0.1) is 0 Å². The van der Waals surface area contributed by atoms with E-state index in [-0.39, 0.29) is 12.0 Å². The molecule has 0 spiro atoms. The molecule has 0 N–H and O–H groups in total.